The van der Waals surface area contributed by atoms with Gasteiger partial charge >= 0.3 is 6.03 Å². The Labute approximate surface area is 150 Å². The van der Waals surface area contributed by atoms with Gasteiger partial charge < -0.3 is 21.1 Å². The van der Waals surface area contributed by atoms with Gasteiger partial charge in [-0.05, 0) is 35.4 Å². The van der Waals surface area contributed by atoms with Gasteiger partial charge in [0.2, 0.25) is 5.91 Å². The Balaban J connectivity index is 1.50. The molecule has 0 saturated carbocycles. The van der Waals surface area contributed by atoms with Gasteiger partial charge in [-0.25, -0.2) is 4.79 Å². The van der Waals surface area contributed by atoms with Crippen LogP contribution in [0.5, 0.6) is 0 Å². The lowest BCUT2D eigenvalue weighted by molar-refractivity contribution is -0.115. The molecule has 0 unspecified atom stereocenters. The lowest BCUT2D eigenvalue weighted by Crippen LogP contribution is -2.43. The van der Waals surface area contributed by atoms with Gasteiger partial charge in [-0.3, -0.25) is 4.79 Å². The van der Waals surface area contributed by atoms with E-state index in [1.165, 1.54) is 0 Å². The first-order valence-corrected chi connectivity index (χ1v) is 8.26. The summed E-state index contributed by atoms with van der Waals surface area (Å²) in [6, 6.07) is 13.3. The quantitative estimate of drug-likeness (QED) is 0.674. The fourth-order valence-corrected chi connectivity index (χ4v) is 2.97. The molecule has 1 aliphatic carbocycles. The fourth-order valence-electron chi connectivity index (χ4n) is 2.84. The molecular formula is C18H18ClN3O3. The normalized spacial score (nSPS) is 18.3. The van der Waals surface area contributed by atoms with E-state index in [2.05, 4.69) is 16.0 Å². The van der Waals surface area contributed by atoms with Crippen molar-refractivity contribution in [1.29, 1.82) is 0 Å². The molecule has 2 atom stereocenters. The van der Waals surface area contributed by atoms with Crippen molar-refractivity contribution < 1.29 is 14.7 Å². The zero-order chi connectivity index (χ0) is 17.8. The number of urea groups is 1. The topological polar surface area (TPSA) is 90.5 Å². The van der Waals surface area contributed by atoms with Crippen LogP contribution in [0.4, 0.5) is 10.5 Å². The number of carbonyl (C=O) groups is 2. The Morgan fingerprint density at radius 1 is 1.12 bits per heavy atom. The first-order valence-electron chi connectivity index (χ1n) is 7.88. The summed E-state index contributed by atoms with van der Waals surface area (Å²) in [6.07, 6.45) is -0.177. The second-order valence-corrected chi connectivity index (χ2v) is 6.27. The van der Waals surface area contributed by atoms with Crippen LogP contribution in [-0.2, 0) is 11.2 Å². The number of hydrogen-bond acceptors (Lipinski definition) is 3. The predicted molar refractivity (Wildman–Crippen MR) is 95.5 cm³/mol. The number of nitrogens with one attached hydrogen (secondary N) is 3. The van der Waals surface area contributed by atoms with Crippen molar-refractivity contribution in [3.63, 3.8) is 0 Å². The van der Waals surface area contributed by atoms with Crippen LogP contribution in [0.15, 0.2) is 48.5 Å². The number of rotatable bonds is 4. The monoisotopic (exact) mass is 359 g/mol. The van der Waals surface area contributed by atoms with Gasteiger partial charge in [-0.15, -0.1) is 0 Å². The highest BCUT2D eigenvalue weighted by Gasteiger charge is 2.31. The minimum absolute atomic E-state index is 0.182. The predicted octanol–water partition coefficient (Wildman–Crippen LogP) is 2.24. The Kier molecular flexibility index (Phi) is 5.21. The fraction of sp³-hybridized carbons (Fsp3) is 0.222. The summed E-state index contributed by atoms with van der Waals surface area (Å²) < 4.78 is 0. The summed E-state index contributed by atoms with van der Waals surface area (Å²) >= 11 is 5.78. The second kappa shape index (κ2) is 7.55. The van der Waals surface area contributed by atoms with Crippen molar-refractivity contribution in [3.8, 4) is 0 Å². The van der Waals surface area contributed by atoms with Gasteiger partial charge in [-0.2, -0.15) is 0 Å². The summed E-state index contributed by atoms with van der Waals surface area (Å²) in [4.78, 5) is 23.9. The molecule has 130 valence electrons. The van der Waals surface area contributed by atoms with Crippen LogP contribution in [-0.4, -0.2) is 29.7 Å². The average molecular weight is 360 g/mol. The maximum atomic E-state index is 12.0. The van der Waals surface area contributed by atoms with Crippen LogP contribution >= 0.6 is 11.6 Å². The molecule has 1 aliphatic rings. The third kappa shape index (κ3) is 4.29. The molecule has 0 radical (unpaired) electrons. The number of aliphatic hydroxyl groups excluding tert-OH is 1. The van der Waals surface area contributed by atoms with E-state index in [1.54, 1.807) is 24.3 Å². The summed E-state index contributed by atoms with van der Waals surface area (Å²) in [6.45, 7) is -0.182. The van der Waals surface area contributed by atoms with Crippen LogP contribution in [0.3, 0.4) is 0 Å². The van der Waals surface area contributed by atoms with Gasteiger partial charge in [0.1, 0.15) is 0 Å². The van der Waals surface area contributed by atoms with E-state index in [0.717, 1.165) is 11.1 Å². The van der Waals surface area contributed by atoms with Crippen molar-refractivity contribution in [3.05, 3.63) is 64.7 Å². The molecule has 0 fully saturated rings. The lowest BCUT2D eigenvalue weighted by Gasteiger charge is -2.18. The number of aliphatic hydroxyl groups is 1. The van der Waals surface area contributed by atoms with Crippen molar-refractivity contribution in [2.45, 2.75) is 18.6 Å². The van der Waals surface area contributed by atoms with E-state index in [1.807, 2.05) is 24.3 Å². The molecule has 0 spiro atoms. The summed E-state index contributed by atoms with van der Waals surface area (Å²) in [5, 5.41) is 18.6. The molecule has 7 heteroatoms. The highest BCUT2D eigenvalue weighted by molar-refractivity contribution is 6.30. The standard InChI is InChI=1S/C18H18ClN3O3/c19-12-5-7-13(8-6-12)21-16(24)10-20-18(25)22-17-14-4-2-1-3-11(14)9-15(17)23/h1-8,15,17,23H,9-10H2,(H,21,24)(H2,20,22,25)/t15-,17+/m0/s1. The number of hydrogen-bond donors (Lipinski definition) is 4. The Bertz CT molecular complexity index is 779. The third-order valence-corrected chi connectivity index (χ3v) is 4.28. The molecule has 3 rings (SSSR count). The summed E-state index contributed by atoms with van der Waals surface area (Å²) in [5.74, 6) is -0.357. The van der Waals surface area contributed by atoms with Crippen LogP contribution in [0.2, 0.25) is 5.02 Å². The molecule has 3 amide bonds. The molecule has 6 nitrogen and oxygen atoms in total. The first-order chi connectivity index (χ1) is 12.0. The number of amides is 3. The largest absolute Gasteiger partial charge is 0.390 e. The molecular weight excluding hydrogens is 342 g/mol. The van der Waals surface area contributed by atoms with Crippen LogP contribution in [0.1, 0.15) is 17.2 Å². The number of anilines is 1. The van der Waals surface area contributed by atoms with Gasteiger partial charge in [0.15, 0.2) is 0 Å². The Morgan fingerprint density at radius 3 is 2.60 bits per heavy atom. The smallest absolute Gasteiger partial charge is 0.315 e. The average Bonchev–Trinajstić information content (AvgIpc) is 2.91. The maximum absolute atomic E-state index is 12.0. The van der Waals surface area contributed by atoms with Crippen LogP contribution in [0.25, 0.3) is 0 Å². The minimum atomic E-state index is -0.675. The van der Waals surface area contributed by atoms with E-state index >= 15 is 0 Å². The number of halogens is 1. The van der Waals surface area contributed by atoms with Crippen LogP contribution in [0, 0.1) is 0 Å². The Hall–Kier alpha value is -2.57. The minimum Gasteiger partial charge on any atom is -0.390 e. The molecule has 0 heterocycles. The van der Waals surface area contributed by atoms with E-state index < -0.39 is 18.2 Å². The third-order valence-electron chi connectivity index (χ3n) is 4.03. The zero-order valence-corrected chi connectivity index (χ0v) is 14.1. The molecule has 25 heavy (non-hydrogen) atoms. The van der Waals surface area contributed by atoms with Crippen LogP contribution < -0.4 is 16.0 Å². The summed E-state index contributed by atoms with van der Waals surface area (Å²) in [5.41, 5.74) is 2.51. The van der Waals surface area contributed by atoms with E-state index in [4.69, 9.17) is 11.6 Å². The second-order valence-electron chi connectivity index (χ2n) is 5.83. The molecule has 0 aromatic heterocycles. The van der Waals surface area contributed by atoms with Crippen molar-refractivity contribution in [1.82, 2.24) is 10.6 Å². The molecule has 4 N–H and O–H groups in total. The number of fused-ring (bicyclic) bond motifs is 1. The van der Waals surface area contributed by atoms with Crippen molar-refractivity contribution in [2.24, 2.45) is 0 Å². The number of carbonyl (C=O) groups excluding carboxylic acids is 2. The molecule has 2 aromatic rings. The highest BCUT2D eigenvalue weighted by Crippen LogP contribution is 2.30. The molecule has 0 saturated heterocycles. The van der Waals surface area contributed by atoms with Gasteiger partial charge in [0, 0.05) is 17.1 Å². The van der Waals surface area contributed by atoms with Gasteiger partial charge in [0.25, 0.3) is 0 Å². The van der Waals surface area contributed by atoms with Gasteiger partial charge in [-0.1, -0.05) is 35.9 Å². The molecule has 0 bridgehead atoms. The van der Waals surface area contributed by atoms with E-state index in [0.29, 0.717) is 17.1 Å². The van der Waals surface area contributed by atoms with E-state index in [-0.39, 0.29) is 12.5 Å². The Morgan fingerprint density at radius 2 is 1.84 bits per heavy atom. The van der Waals surface area contributed by atoms with Crippen molar-refractivity contribution in [2.75, 3.05) is 11.9 Å². The van der Waals surface area contributed by atoms with Gasteiger partial charge in [0.05, 0.1) is 18.7 Å². The maximum Gasteiger partial charge on any atom is 0.315 e. The van der Waals surface area contributed by atoms with E-state index in [9.17, 15) is 14.7 Å². The zero-order valence-electron chi connectivity index (χ0n) is 13.3. The van der Waals surface area contributed by atoms with Crippen molar-refractivity contribution >= 4 is 29.2 Å². The molecule has 0 aliphatic heterocycles. The number of benzene rings is 2. The first kappa shape index (κ1) is 17.3. The summed E-state index contributed by atoms with van der Waals surface area (Å²) in [7, 11) is 0. The molecule has 2 aromatic carbocycles. The lowest BCUT2D eigenvalue weighted by atomic mass is 10.1. The highest BCUT2D eigenvalue weighted by atomic mass is 35.5. The SMILES string of the molecule is O=C(CNC(=O)N[C@@H]1c2ccccc2C[C@@H]1O)Nc1ccc(Cl)cc1.